The van der Waals surface area contributed by atoms with Crippen molar-refractivity contribution in [2.45, 2.75) is 13.8 Å². The lowest BCUT2D eigenvalue weighted by molar-refractivity contribution is 1.08. The maximum atomic E-state index is 5.13. The quantitative estimate of drug-likeness (QED) is 0.656. The molecule has 12 heavy (non-hydrogen) atoms. The van der Waals surface area contributed by atoms with E-state index in [1.54, 1.807) is 11.3 Å². The van der Waals surface area contributed by atoms with Gasteiger partial charge in [0.2, 0.25) is 0 Å². The fraction of sp³-hybridized carbons (Fsp3) is 0.250. The minimum Gasteiger partial charge on any atom is -0.343 e. The second kappa shape index (κ2) is 2.64. The standard InChI is InChI=1S/C8H8N2S2/c1-4-3-6-7(12-4)8(11)10-5(2)9-6/h3H,1-2H3,(H,9,10,11). The van der Waals surface area contributed by atoms with Crippen LogP contribution in [-0.2, 0) is 0 Å². The Balaban J connectivity index is 2.98. The summed E-state index contributed by atoms with van der Waals surface area (Å²) in [5.41, 5.74) is 1.11. The van der Waals surface area contributed by atoms with Crippen LogP contribution in [0.4, 0.5) is 0 Å². The number of H-pyrrole nitrogens is 1. The topological polar surface area (TPSA) is 28.7 Å². The number of aromatic amines is 1. The van der Waals surface area contributed by atoms with Gasteiger partial charge in [-0.3, -0.25) is 0 Å². The zero-order chi connectivity index (χ0) is 8.72. The molecule has 2 nitrogen and oxygen atoms in total. The Morgan fingerprint density at radius 3 is 3.00 bits per heavy atom. The predicted molar refractivity (Wildman–Crippen MR) is 54.3 cm³/mol. The maximum absolute atomic E-state index is 5.13. The molecule has 0 amide bonds. The summed E-state index contributed by atoms with van der Waals surface area (Å²) < 4.78 is 1.80. The van der Waals surface area contributed by atoms with Crippen LogP contribution in [-0.4, -0.2) is 9.97 Å². The molecular weight excluding hydrogens is 188 g/mol. The van der Waals surface area contributed by atoms with Crippen molar-refractivity contribution in [2.24, 2.45) is 0 Å². The Hall–Kier alpha value is -0.740. The molecule has 0 spiro atoms. The number of fused-ring (bicyclic) bond motifs is 1. The number of aryl methyl sites for hydroxylation is 2. The Morgan fingerprint density at radius 1 is 1.50 bits per heavy atom. The summed E-state index contributed by atoms with van der Waals surface area (Å²) in [5.74, 6) is 0.880. The summed E-state index contributed by atoms with van der Waals surface area (Å²) in [6.45, 7) is 3.99. The molecule has 2 rings (SSSR count). The molecule has 0 unspecified atom stereocenters. The zero-order valence-corrected chi connectivity index (χ0v) is 8.47. The van der Waals surface area contributed by atoms with Crippen molar-refractivity contribution in [3.8, 4) is 0 Å². The second-order valence-electron chi connectivity index (χ2n) is 2.73. The first kappa shape index (κ1) is 7.89. The third kappa shape index (κ3) is 1.17. The first-order chi connectivity index (χ1) is 5.66. The number of aromatic nitrogens is 2. The smallest absolute Gasteiger partial charge is 0.147 e. The first-order valence-corrected chi connectivity index (χ1v) is 4.86. The van der Waals surface area contributed by atoms with Gasteiger partial charge in [0.1, 0.15) is 10.5 Å². The summed E-state index contributed by atoms with van der Waals surface area (Å²) in [7, 11) is 0. The summed E-state index contributed by atoms with van der Waals surface area (Å²) in [4.78, 5) is 8.63. The molecule has 0 aliphatic carbocycles. The van der Waals surface area contributed by atoms with Gasteiger partial charge >= 0.3 is 0 Å². The minimum absolute atomic E-state index is 0.708. The highest BCUT2D eigenvalue weighted by Crippen LogP contribution is 2.23. The van der Waals surface area contributed by atoms with Crippen LogP contribution in [0.3, 0.4) is 0 Å². The predicted octanol–water partition coefficient (Wildman–Crippen LogP) is 2.97. The van der Waals surface area contributed by atoms with Crippen LogP contribution in [0.25, 0.3) is 10.2 Å². The number of hydrogen-bond acceptors (Lipinski definition) is 3. The third-order valence-electron chi connectivity index (χ3n) is 1.63. The molecule has 0 saturated carbocycles. The van der Waals surface area contributed by atoms with Crippen LogP contribution >= 0.6 is 23.6 Å². The van der Waals surface area contributed by atoms with Crippen LogP contribution in [0.15, 0.2) is 6.07 Å². The molecule has 0 aromatic carbocycles. The molecule has 0 aliphatic rings. The molecular formula is C8H8N2S2. The lowest BCUT2D eigenvalue weighted by Crippen LogP contribution is -1.85. The van der Waals surface area contributed by atoms with Crippen molar-refractivity contribution < 1.29 is 0 Å². The third-order valence-corrected chi connectivity index (χ3v) is 3.12. The molecule has 1 N–H and O–H groups in total. The van der Waals surface area contributed by atoms with Crippen molar-refractivity contribution in [2.75, 3.05) is 0 Å². The van der Waals surface area contributed by atoms with Crippen molar-refractivity contribution in [3.63, 3.8) is 0 Å². The Kier molecular flexibility index (Phi) is 1.73. The van der Waals surface area contributed by atoms with Gasteiger partial charge in [0.05, 0.1) is 10.2 Å². The van der Waals surface area contributed by atoms with Crippen LogP contribution in [0, 0.1) is 18.5 Å². The Labute approximate surface area is 79.3 Å². The number of rotatable bonds is 0. The minimum atomic E-state index is 0.708. The van der Waals surface area contributed by atoms with E-state index >= 15 is 0 Å². The largest absolute Gasteiger partial charge is 0.343 e. The number of thiophene rings is 1. The Morgan fingerprint density at radius 2 is 2.25 bits per heavy atom. The highest BCUT2D eigenvalue weighted by Gasteiger charge is 2.01. The van der Waals surface area contributed by atoms with E-state index in [1.165, 1.54) is 4.88 Å². The van der Waals surface area contributed by atoms with Gasteiger partial charge in [-0.2, -0.15) is 0 Å². The van der Waals surface area contributed by atoms with E-state index in [9.17, 15) is 0 Å². The van der Waals surface area contributed by atoms with Crippen LogP contribution in [0.1, 0.15) is 10.7 Å². The fourth-order valence-corrected chi connectivity index (χ4v) is 2.42. The molecule has 2 aromatic rings. The maximum Gasteiger partial charge on any atom is 0.147 e. The van der Waals surface area contributed by atoms with Gasteiger partial charge in [0.15, 0.2) is 0 Å². The molecule has 4 heteroatoms. The molecule has 0 bridgehead atoms. The highest BCUT2D eigenvalue weighted by molar-refractivity contribution is 7.71. The van der Waals surface area contributed by atoms with Gasteiger partial charge in [-0.05, 0) is 19.9 Å². The molecule has 2 heterocycles. The van der Waals surface area contributed by atoms with Gasteiger partial charge < -0.3 is 4.98 Å². The fourth-order valence-electron chi connectivity index (χ4n) is 1.19. The summed E-state index contributed by atoms with van der Waals surface area (Å²) in [6.07, 6.45) is 0. The number of nitrogens with one attached hydrogen (secondary N) is 1. The van der Waals surface area contributed by atoms with Gasteiger partial charge in [0.25, 0.3) is 0 Å². The molecule has 0 fully saturated rings. The highest BCUT2D eigenvalue weighted by atomic mass is 32.1. The van der Waals surface area contributed by atoms with Gasteiger partial charge in [-0.25, -0.2) is 4.98 Å². The van der Waals surface area contributed by atoms with E-state index in [0.717, 1.165) is 16.0 Å². The number of hydrogen-bond donors (Lipinski definition) is 1. The van der Waals surface area contributed by atoms with Crippen LogP contribution in [0.2, 0.25) is 0 Å². The zero-order valence-electron chi connectivity index (χ0n) is 6.84. The van der Waals surface area contributed by atoms with E-state index in [0.29, 0.717) is 4.64 Å². The Bertz CT molecular complexity index is 481. The van der Waals surface area contributed by atoms with Crippen molar-refractivity contribution >= 4 is 33.8 Å². The van der Waals surface area contributed by atoms with Gasteiger partial charge in [-0.15, -0.1) is 11.3 Å². The summed E-state index contributed by atoms with van der Waals surface area (Å²) in [6, 6.07) is 2.10. The van der Waals surface area contributed by atoms with E-state index in [4.69, 9.17) is 12.2 Å². The molecule has 62 valence electrons. The molecule has 0 radical (unpaired) electrons. The first-order valence-electron chi connectivity index (χ1n) is 3.64. The molecule has 0 saturated heterocycles. The SMILES string of the molecule is Cc1nc(=S)c2sc(C)cc2[nH]1. The number of nitrogens with zero attached hydrogens (tertiary/aromatic N) is 1. The van der Waals surface area contributed by atoms with Crippen LogP contribution in [0.5, 0.6) is 0 Å². The summed E-state index contributed by atoms with van der Waals surface area (Å²) in [5, 5.41) is 0. The molecule has 0 atom stereocenters. The van der Waals surface area contributed by atoms with Crippen molar-refractivity contribution in [3.05, 3.63) is 21.4 Å². The van der Waals surface area contributed by atoms with E-state index in [2.05, 4.69) is 23.0 Å². The average molecular weight is 196 g/mol. The van der Waals surface area contributed by atoms with E-state index in [1.807, 2.05) is 6.92 Å². The van der Waals surface area contributed by atoms with Crippen LogP contribution < -0.4 is 0 Å². The molecule has 0 aliphatic heterocycles. The van der Waals surface area contributed by atoms with E-state index < -0.39 is 0 Å². The second-order valence-corrected chi connectivity index (χ2v) is 4.37. The molecule has 2 aromatic heterocycles. The van der Waals surface area contributed by atoms with Crippen molar-refractivity contribution in [1.29, 1.82) is 0 Å². The normalized spacial score (nSPS) is 10.8. The van der Waals surface area contributed by atoms with E-state index in [-0.39, 0.29) is 0 Å². The lowest BCUT2D eigenvalue weighted by Gasteiger charge is -1.92. The van der Waals surface area contributed by atoms with Gasteiger partial charge in [0, 0.05) is 4.88 Å². The average Bonchev–Trinajstić information content (AvgIpc) is 2.29. The summed E-state index contributed by atoms with van der Waals surface area (Å²) >= 11 is 6.82. The van der Waals surface area contributed by atoms with Gasteiger partial charge in [-0.1, -0.05) is 12.2 Å². The lowest BCUT2D eigenvalue weighted by atomic mass is 10.4. The van der Waals surface area contributed by atoms with Crippen molar-refractivity contribution in [1.82, 2.24) is 9.97 Å². The monoisotopic (exact) mass is 196 g/mol.